The molecule has 2 fully saturated rings. The van der Waals surface area contributed by atoms with Crippen molar-refractivity contribution in [1.29, 1.82) is 0 Å². The fraction of sp³-hybridized carbons (Fsp3) is 0.750. The molecule has 31 heavy (non-hydrogen) atoms. The van der Waals surface area contributed by atoms with Gasteiger partial charge in [-0.2, -0.15) is 0 Å². The molecule has 1 atom stereocenters. The number of carbonyl (C=O) groups is 2. The summed E-state index contributed by atoms with van der Waals surface area (Å²) in [7, 11) is 0. The third kappa shape index (κ3) is 4.61. The summed E-state index contributed by atoms with van der Waals surface area (Å²) in [5, 5.41) is 10.9. The third-order valence-electron chi connectivity index (χ3n) is 7.19. The highest BCUT2D eigenvalue weighted by Gasteiger charge is 2.38. The number of hydrogen-bond donors (Lipinski definition) is 1. The quantitative estimate of drug-likeness (QED) is 0.774. The fourth-order valence-electron chi connectivity index (χ4n) is 5.47. The summed E-state index contributed by atoms with van der Waals surface area (Å²) in [6, 6.07) is -0.182. The second kappa shape index (κ2) is 9.23. The summed E-state index contributed by atoms with van der Waals surface area (Å²) >= 11 is 0. The minimum Gasteiger partial charge on any atom is -0.389 e. The molecular formula is C24H36N4O3. The molecule has 1 saturated carbocycles. The number of likely N-dealkylation sites (tertiary alicyclic amines) is 1. The van der Waals surface area contributed by atoms with Crippen LogP contribution in [0.25, 0.3) is 0 Å². The van der Waals surface area contributed by atoms with Gasteiger partial charge < -0.3 is 10.0 Å². The molecule has 2 amide bonds. The number of aromatic nitrogens is 2. The van der Waals surface area contributed by atoms with Gasteiger partial charge in [-0.3, -0.25) is 14.5 Å². The lowest BCUT2D eigenvalue weighted by molar-refractivity contribution is -0.142. The van der Waals surface area contributed by atoms with Crippen molar-refractivity contribution in [3.8, 4) is 0 Å². The first kappa shape index (κ1) is 22.2. The summed E-state index contributed by atoms with van der Waals surface area (Å²) < 4.78 is 0. The zero-order valence-corrected chi connectivity index (χ0v) is 19.0. The molecule has 1 aromatic heterocycles. The fourth-order valence-corrected chi connectivity index (χ4v) is 5.47. The Hall–Kier alpha value is -2.02. The van der Waals surface area contributed by atoms with Crippen molar-refractivity contribution in [3.63, 3.8) is 0 Å². The van der Waals surface area contributed by atoms with Gasteiger partial charge in [0.25, 0.3) is 0 Å². The highest BCUT2D eigenvalue weighted by molar-refractivity contribution is 5.95. The molecule has 3 aliphatic rings. The predicted molar refractivity (Wildman–Crippen MR) is 119 cm³/mol. The Morgan fingerprint density at radius 3 is 2.65 bits per heavy atom. The maximum Gasteiger partial charge on any atom is 0.228 e. The number of piperidine rings is 1. The number of aliphatic hydroxyl groups is 1. The van der Waals surface area contributed by atoms with Crippen LogP contribution < -0.4 is 4.90 Å². The van der Waals surface area contributed by atoms with E-state index in [1.54, 1.807) is 4.90 Å². The van der Waals surface area contributed by atoms with Gasteiger partial charge in [0.1, 0.15) is 5.82 Å². The lowest BCUT2D eigenvalue weighted by Gasteiger charge is -2.39. The van der Waals surface area contributed by atoms with E-state index in [4.69, 9.17) is 9.97 Å². The van der Waals surface area contributed by atoms with Gasteiger partial charge in [-0.25, -0.2) is 9.97 Å². The van der Waals surface area contributed by atoms with Crippen LogP contribution in [-0.2, 0) is 16.0 Å². The van der Waals surface area contributed by atoms with Crippen molar-refractivity contribution in [2.45, 2.75) is 103 Å². The maximum absolute atomic E-state index is 13.3. The second-order valence-electron chi connectivity index (χ2n) is 9.58. The summed E-state index contributed by atoms with van der Waals surface area (Å²) in [4.78, 5) is 39.2. The van der Waals surface area contributed by atoms with Gasteiger partial charge in [-0.15, -0.1) is 0 Å². The van der Waals surface area contributed by atoms with Crippen molar-refractivity contribution in [3.05, 3.63) is 17.1 Å². The van der Waals surface area contributed by atoms with Gasteiger partial charge >= 0.3 is 0 Å². The number of fused-ring (bicyclic) bond motifs is 1. The predicted octanol–water partition coefficient (Wildman–Crippen LogP) is 3.61. The van der Waals surface area contributed by atoms with Crippen LogP contribution >= 0.6 is 0 Å². The molecule has 0 unspecified atom stereocenters. The second-order valence-corrected chi connectivity index (χ2v) is 9.58. The van der Waals surface area contributed by atoms with E-state index in [1.165, 1.54) is 0 Å². The summed E-state index contributed by atoms with van der Waals surface area (Å²) in [5.41, 5.74) is 1.10. The molecule has 0 bridgehead atoms. The van der Waals surface area contributed by atoms with Crippen LogP contribution in [0.1, 0.15) is 101 Å². The van der Waals surface area contributed by atoms with Crippen LogP contribution in [-0.4, -0.2) is 50.5 Å². The first-order chi connectivity index (χ1) is 14.9. The molecule has 1 aromatic rings. The smallest absolute Gasteiger partial charge is 0.228 e. The van der Waals surface area contributed by atoms with E-state index in [2.05, 4.69) is 6.92 Å². The molecule has 1 saturated heterocycles. The average molecular weight is 429 g/mol. The Morgan fingerprint density at radius 1 is 1.13 bits per heavy atom. The van der Waals surface area contributed by atoms with Crippen LogP contribution in [0, 0.1) is 6.92 Å². The van der Waals surface area contributed by atoms with E-state index < -0.39 is 5.60 Å². The molecule has 0 radical (unpaired) electrons. The molecule has 7 heteroatoms. The molecule has 2 aliphatic heterocycles. The first-order valence-corrected chi connectivity index (χ1v) is 12.1. The minimum absolute atomic E-state index is 0.00886. The number of amides is 2. The normalized spacial score (nSPS) is 23.6. The van der Waals surface area contributed by atoms with E-state index in [1.807, 2.05) is 11.8 Å². The third-order valence-corrected chi connectivity index (χ3v) is 7.19. The monoisotopic (exact) mass is 428 g/mol. The summed E-state index contributed by atoms with van der Waals surface area (Å²) in [6.45, 7) is 5.39. The zero-order valence-electron chi connectivity index (χ0n) is 19.0. The van der Waals surface area contributed by atoms with Crippen LogP contribution in [0.3, 0.4) is 0 Å². The number of nitrogens with zero attached hydrogens (tertiary/aromatic N) is 4. The van der Waals surface area contributed by atoms with E-state index >= 15 is 0 Å². The molecular weight excluding hydrogens is 392 g/mol. The van der Waals surface area contributed by atoms with Gasteiger partial charge in [-0.1, -0.05) is 26.2 Å². The van der Waals surface area contributed by atoms with E-state index in [0.717, 1.165) is 62.0 Å². The van der Waals surface area contributed by atoms with Gasteiger partial charge in [0.15, 0.2) is 5.82 Å². The van der Waals surface area contributed by atoms with Crippen molar-refractivity contribution >= 4 is 17.6 Å². The molecule has 0 spiro atoms. The van der Waals surface area contributed by atoms with Gasteiger partial charge in [0, 0.05) is 30.8 Å². The molecule has 0 aromatic carbocycles. The van der Waals surface area contributed by atoms with E-state index in [0.29, 0.717) is 44.6 Å². The van der Waals surface area contributed by atoms with Crippen molar-refractivity contribution in [2.24, 2.45) is 0 Å². The maximum atomic E-state index is 13.3. The molecule has 3 heterocycles. The Bertz CT molecular complexity index is 834. The highest BCUT2D eigenvalue weighted by atomic mass is 16.3. The van der Waals surface area contributed by atoms with E-state index in [9.17, 15) is 14.7 Å². The number of rotatable bonds is 5. The number of aryl methyl sites for hydroxylation is 1. The Kier molecular flexibility index (Phi) is 6.60. The zero-order chi connectivity index (χ0) is 22.0. The number of anilines is 1. The molecule has 1 N–H and O–H groups in total. The van der Waals surface area contributed by atoms with Crippen molar-refractivity contribution in [2.75, 3.05) is 18.0 Å². The summed E-state index contributed by atoms with van der Waals surface area (Å²) in [5.74, 6) is 1.52. The molecule has 7 nitrogen and oxygen atoms in total. The topological polar surface area (TPSA) is 86.6 Å². The largest absolute Gasteiger partial charge is 0.389 e. The molecule has 170 valence electrons. The average Bonchev–Trinajstić information content (AvgIpc) is 2.76. The number of carbonyl (C=O) groups excluding carboxylic acids is 2. The Balaban J connectivity index is 1.61. The van der Waals surface area contributed by atoms with Crippen LogP contribution in [0.15, 0.2) is 0 Å². The SMILES string of the molecule is CCCN1C(=O)CCc2c(C)nc([C@@H]3CCCCN3C(=O)CC3(O)CCCCC3)nc21. The summed E-state index contributed by atoms with van der Waals surface area (Å²) in [6.07, 6.45) is 9.58. The van der Waals surface area contributed by atoms with Crippen LogP contribution in [0.2, 0.25) is 0 Å². The lowest BCUT2D eigenvalue weighted by atomic mass is 9.82. The van der Waals surface area contributed by atoms with Gasteiger partial charge in [-0.05, 0) is 51.9 Å². The first-order valence-electron chi connectivity index (χ1n) is 12.1. The van der Waals surface area contributed by atoms with Crippen LogP contribution in [0.5, 0.6) is 0 Å². The lowest BCUT2D eigenvalue weighted by Crippen LogP contribution is -2.44. The van der Waals surface area contributed by atoms with Crippen LogP contribution in [0.4, 0.5) is 5.82 Å². The van der Waals surface area contributed by atoms with Gasteiger partial charge in [0.05, 0.1) is 18.1 Å². The highest BCUT2D eigenvalue weighted by Crippen LogP contribution is 2.36. The van der Waals surface area contributed by atoms with Gasteiger partial charge in [0.2, 0.25) is 11.8 Å². The van der Waals surface area contributed by atoms with E-state index in [-0.39, 0.29) is 24.3 Å². The van der Waals surface area contributed by atoms with Crippen molar-refractivity contribution in [1.82, 2.24) is 14.9 Å². The Labute approximate surface area is 185 Å². The minimum atomic E-state index is -0.867. The molecule has 4 rings (SSSR count). The standard InChI is InChI=1S/C24H36N4O3/c1-3-14-28-20(29)11-10-18-17(2)25-22(26-23(18)28)19-9-5-8-15-27(19)21(30)16-24(31)12-6-4-7-13-24/h19,31H,3-16H2,1-2H3/t19-/m0/s1. The number of hydrogen-bond acceptors (Lipinski definition) is 5. The Morgan fingerprint density at radius 2 is 1.90 bits per heavy atom. The van der Waals surface area contributed by atoms with Crippen molar-refractivity contribution < 1.29 is 14.7 Å². The molecule has 1 aliphatic carbocycles.